The molecule has 1 atom stereocenters. The summed E-state index contributed by atoms with van der Waals surface area (Å²) < 4.78 is 0. The van der Waals surface area contributed by atoms with E-state index >= 15 is 0 Å². The molecule has 2 aromatic carbocycles. The Hall–Kier alpha value is -1.90. The van der Waals surface area contributed by atoms with Gasteiger partial charge in [0.15, 0.2) is 6.33 Å². The molecule has 0 bridgehead atoms. The average Bonchev–Trinajstić information content (AvgIpc) is 2.57. The molecule has 0 aliphatic heterocycles. The molecule has 1 aliphatic carbocycles. The molecular weight excluding hydrogens is 315 g/mol. The Morgan fingerprint density at radius 3 is 2.77 bits per heavy atom. The number of fused-ring (bicyclic) bond motifs is 3. The van der Waals surface area contributed by atoms with Crippen LogP contribution >= 0.6 is 23.2 Å². The zero-order chi connectivity index (χ0) is 15.1. The molecule has 3 aromatic rings. The topological polar surface area (TPSA) is 25.8 Å². The molecule has 0 saturated heterocycles. The van der Waals surface area contributed by atoms with Crippen molar-refractivity contribution in [1.82, 2.24) is 9.97 Å². The van der Waals surface area contributed by atoms with E-state index in [0.29, 0.717) is 10.0 Å². The van der Waals surface area contributed by atoms with Gasteiger partial charge in [-0.05, 0) is 35.2 Å². The van der Waals surface area contributed by atoms with Crippen molar-refractivity contribution in [3.63, 3.8) is 0 Å². The first-order valence-electron chi connectivity index (χ1n) is 7.00. The second kappa shape index (κ2) is 5.38. The molecule has 22 heavy (non-hydrogen) atoms. The molecule has 2 nitrogen and oxygen atoms in total. The van der Waals surface area contributed by atoms with Crippen LogP contribution in [0.3, 0.4) is 0 Å². The van der Waals surface area contributed by atoms with Crippen LogP contribution in [0.5, 0.6) is 0 Å². The van der Waals surface area contributed by atoms with Crippen LogP contribution < -0.4 is 0 Å². The van der Waals surface area contributed by atoms with Gasteiger partial charge in [-0.1, -0.05) is 53.5 Å². The summed E-state index contributed by atoms with van der Waals surface area (Å²) in [5.74, 6) is 0.226. The Morgan fingerprint density at radius 2 is 1.91 bits per heavy atom. The van der Waals surface area contributed by atoms with Gasteiger partial charge in [0.25, 0.3) is 0 Å². The average molecular weight is 326 g/mol. The maximum atomic E-state index is 6.20. The van der Waals surface area contributed by atoms with E-state index in [1.807, 2.05) is 30.5 Å². The molecule has 1 heterocycles. The highest BCUT2D eigenvalue weighted by Crippen LogP contribution is 2.42. The minimum atomic E-state index is 0.226. The molecular formula is C18H11Cl2N2. The SMILES string of the molecule is Clc1ccc(C2Cc3cn[c]nc3-c3ccccc32)cc1Cl. The predicted molar refractivity (Wildman–Crippen MR) is 88.3 cm³/mol. The lowest BCUT2D eigenvalue weighted by atomic mass is 9.78. The number of hydrogen-bond acceptors (Lipinski definition) is 2. The van der Waals surface area contributed by atoms with E-state index in [4.69, 9.17) is 23.2 Å². The lowest BCUT2D eigenvalue weighted by molar-refractivity contribution is 0.781. The maximum absolute atomic E-state index is 6.20. The van der Waals surface area contributed by atoms with Crippen LogP contribution in [-0.4, -0.2) is 9.97 Å². The zero-order valence-corrected chi connectivity index (χ0v) is 13.1. The van der Waals surface area contributed by atoms with E-state index in [-0.39, 0.29) is 5.92 Å². The molecule has 0 N–H and O–H groups in total. The van der Waals surface area contributed by atoms with Crippen molar-refractivity contribution in [2.75, 3.05) is 0 Å². The minimum absolute atomic E-state index is 0.226. The highest BCUT2D eigenvalue weighted by atomic mass is 35.5. The van der Waals surface area contributed by atoms with Gasteiger partial charge in [-0.2, -0.15) is 0 Å². The Kier molecular flexibility index (Phi) is 3.36. The molecule has 1 unspecified atom stereocenters. The molecule has 1 aromatic heterocycles. The third kappa shape index (κ3) is 2.20. The van der Waals surface area contributed by atoms with Gasteiger partial charge >= 0.3 is 0 Å². The van der Waals surface area contributed by atoms with E-state index in [2.05, 4.69) is 34.5 Å². The fourth-order valence-corrected chi connectivity index (χ4v) is 3.38. The first-order chi connectivity index (χ1) is 10.7. The normalized spacial score (nSPS) is 16.0. The van der Waals surface area contributed by atoms with Crippen molar-refractivity contribution < 1.29 is 0 Å². The highest BCUT2D eigenvalue weighted by molar-refractivity contribution is 6.42. The summed E-state index contributed by atoms with van der Waals surface area (Å²) in [6.45, 7) is 0. The summed E-state index contributed by atoms with van der Waals surface area (Å²) in [5.41, 5.74) is 5.65. The lowest BCUT2D eigenvalue weighted by Gasteiger charge is -2.27. The largest absolute Gasteiger partial charge is 0.233 e. The smallest absolute Gasteiger partial charge is 0.198 e. The molecule has 4 heteroatoms. The fourth-order valence-electron chi connectivity index (χ4n) is 3.07. The number of halogens is 2. The standard InChI is InChI=1S/C18H11Cl2N2/c19-16-6-5-11(8-17(16)20)15-7-12-9-21-10-22-18(12)14-4-2-1-3-13(14)15/h1-6,8-9,15H,7H2. The molecule has 1 radical (unpaired) electrons. The Morgan fingerprint density at radius 1 is 1.05 bits per heavy atom. The summed E-state index contributed by atoms with van der Waals surface area (Å²) in [6, 6.07) is 14.2. The van der Waals surface area contributed by atoms with Crippen LogP contribution in [0, 0.1) is 6.33 Å². The van der Waals surface area contributed by atoms with Crippen LogP contribution in [0.15, 0.2) is 48.7 Å². The van der Waals surface area contributed by atoms with E-state index < -0.39 is 0 Å². The summed E-state index contributed by atoms with van der Waals surface area (Å²) >= 11 is 12.2. The van der Waals surface area contributed by atoms with Crippen molar-refractivity contribution in [1.29, 1.82) is 0 Å². The van der Waals surface area contributed by atoms with Gasteiger partial charge in [0.2, 0.25) is 0 Å². The molecule has 0 spiro atoms. The number of benzene rings is 2. The Bertz CT molecular complexity index is 861. The number of hydrogen-bond donors (Lipinski definition) is 0. The maximum Gasteiger partial charge on any atom is 0.198 e. The van der Waals surface area contributed by atoms with Crippen molar-refractivity contribution in [2.24, 2.45) is 0 Å². The highest BCUT2D eigenvalue weighted by Gasteiger charge is 2.27. The van der Waals surface area contributed by atoms with E-state index in [0.717, 1.165) is 28.8 Å². The summed E-state index contributed by atoms with van der Waals surface area (Å²) in [4.78, 5) is 8.38. The van der Waals surface area contributed by atoms with Crippen LogP contribution in [-0.2, 0) is 6.42 Å². The van der Waals surface area contributed by atoms with E-state index in [9.17, 15) is 0 Å². The molecule has 1 aliphatic rings. The monoisotopic (exact) mass is 325 g/mol. The summed E-state index contributed by atoms with van der Waals surface area (Å²) in [5, 5.41) is 1.16. The van der Waals surface area contributed by atoms with Crippen LogP contribution in [0.1, 0.15) is 22.6 Å². The van der Waals surface area contributed by atoms with Crippen molar-refractivity contribution in [3.05, 3.63) is 81.7 Å². The summed E-state index contributed by atoms with van der Waals surface area (Å²) in [6.07, 6.45) is 5.39. The third-order valence-electron chi connectivity index (χ3n) is 4.11. The van der Waals surface area contributed by atoms with Crippen molar-refractivity contribution >= 4 is 23.2 Å². The van der Waals surface area contributed by atoms with Gasteiger partial charge in [0.05, 0.1) is 15.7 Å². The van der Waals surface area contributed by atoms with Gasteiger partial charge in [-0.15, -0.1) is 0 Å². The van der Waals surface area contributed by atoms with Gasteiger partial charge in [0, 0.05) is 17.7 Å². The van der Waals surface area contributed by atoms with Crippen molar-refractivity contribution in [2.45, 2.75) is 12.3 Å². The Balaban J connectivity index is 1.90. The predicted octanol–water partition coefficient (Wildman–Crippen LogP) is 4.94. The number of nitrogens with zero attached hydrogens (tertiary/aromatic N) is 2. The number of rotatable bonds is 1. The second-order valence-electron chi connectivity index (χ2n) is 5.36. The molecule has 0 amide bonds. The number of aromatic nitrogens is 2. The van der Waals surface area contributed by atoms with Crippen LogP contribution in [0.4, 0.5) is 0 Å². The Labute approximate surface area is 138 Å². The van der Waals surface area contributed by atoms with Crippen LogP contribution in [0.2, 0.25) is 10.0 Å². The minimum Gasteiger partial charge on any atom is -0.233 e. The quantitative estimate of drug-likeness (QED) is 0.633. The fraction of sp³-hybridized carbons (Fsp3) is 0.111. The first-order valence-corrected chi connectivity index (χ1v) is 7.76. The molecule has 0 saturated carbocycles. The van der Waals surface area contributed by atoms with Gasteiger partial charge in [0.1, 0.15) is 0 Å². The first kappa shape index (κ1) is 13.7. The molecule has 107 valence electrons. The van der Waals surface area contributed by atoms with Crippen molar-refractivity contribution in [3.8, 4) is 11.3 Å². The van der Waals surface area contributed by atoms with Gasteiger partial charge < -0.3 is 0 Å². The second-order valence-corrected chi connectivity index (χ2v) is 6.18. The van der Waals surface area contributed by atoms with E-state index in [1.165, 1.54) is 5.56 Å². The third-order valence-corrected chi connectivity index (χ3v) is 4.84. The summed E-state index contributed by atoms with van der Waals surface area (Å²) in [7, 11) is 0. The van der Waals surface area contributed by atoms with Gasteiger partial charge in [-0.3, -0.25) is 0 Å². The lowest BCUT2D eigenvalue weighted by Crippen LogP contribution is -2.14. The van der Waals surface area contributed by atoms with Gasteiger partial charge in [-0.25, -0.2) is 9.97 Å². The van der Waals surface area contributed by atoms with E-state index in [1.54, 1.807) is 0 Å². The molecule has 4 rings (SSSR count). The zero-order valence-electron chi connectivity index (χ0n) is 11.6. The molecule has 0 fully saturated rings. The van der Waals surface area contributed by atoms with Crippen LogP contribution in [0.25, 0.3) is 11.3 Å².